The van der Waals surface area contributed by atoms with Gasteiger partial charge in [-0.2, -0.15) is 5.10 Å². The lowest BCUT2D eigenvalue weighted by Gasteiger charge is -2.16. The lowest BCUT2D eigenvalue weighted by molar-refractivity contribution is 0.277. The van der Waals surface area contributed by atoms with Crippen LogP contribution in [-0.4, -0.2) is 37.0 Å². The summed E-state index contributed by atoms with van der Waals surface area (Å²) in [5.41, 5.74) is 2.09. The summed E-state index contributed by atoms with van der Waals surface area (Å²) in [6, 6.07) is 12.5. The zero-order valence-electron chi connectivity index (χ0n) is 15.0. The van der Waals surface area contributed by atoms with E-state index in [1.807, 2.05) is 13.0 Å². The van der Waals surface area contributed by atoms with Crippen molar-refractivity contribution in [2.24, 2.45) is 0 Å². The maximum absolute atomic E-state index is 13.3. The van der Waals surface area contributed by atoms with Gasteiger partial charge in [0.15, 0.2) is 5.82 Å². The molecule has 0 spiro atoms. The molecule has 0 amide bonds. The molecule has 0 bridgehead atoms. The number of anilines is 2. The molecule has 0 fully saturated rings. The van der Waals surface area contributed by atoms with Crippen molar-refractivity contribution in [3.05, 3.63) is 71.4 Å². The van der Waals surface area contributed by atoms with Gasteiger partial charge in [0.05, 0.1) is 18.0 Å². The fourth-order valence-corrected chi connectivity index (χ4v) is 3.02. The molecule has 0 aliphatic heterocycles. The Morgan fingerprint density at radius 2 is 1.89 bits per heavy atom. The molecule has 28 heavy (non-hydrogen) atoms. The van der Waals surface area contributed by atoms with Crippen molar-refractivity contribution in [2.75, 3.05) is 11.9 Å². The number of rotatable bonds is 5. The monoisotopic (exact) mass is 379 g/mol. The SMILES string of the molecule is Cc1cc(Nc2nc(C(CO)c3ccc(F)cc3)nc3cc(O)ccc23)n[nH]1. The summed E-state index contributed by atoms with van der Waals surface area (Å²) in [4.78, 5) is 9.11. The van der Waals surface area contributed by atoms with E-state index in [-0.39, 0.29) is 18.2 Å². The number of halogens is 1. The third-order valence-electron chi connectivity index (χ3n) is 4.42. The molecule has 1 atom stereocenters. The van der Waals surface area contributed by atoms with Crippen molar-refractivity contribution in [3.8, 4) is 5.75 Å². The van der Waals surface area contributed by atoms with Crippen molar-refractivity contribution in [1.82, 2.24) is 20.2 Å². The van der Waals surface area contributed by atoms with Crippen molar-refractivity contribution in [1.29, 1.82) is 0 Å². The van der Waals surface area contributed by atoms with Crippen LogP contribution in [0.4, 0.5) is 16.0 Å². The molecule has 0 saturated heterocycles. The van der Waals surface area contributed by atoms with Gasteiger partial charge in [-0.15, -0.1) is 0 Å². The standard InChI is InChI=1S/C20H18FN5O2/c1-11-8-18(26-25-11)23-19-15-7-6-14(28)9-17(15)22-20(24-19)16(10-27)12-2-4-13(21)5-3-12/h2-9,16,27-28H,10H2,1H3,(H2,22,23,24,25,26). The smallest absolute Gasteiger partial charge is 0.153 e. The van der Waals surface area contributed by atoms with E-state index in [1.54, 1.807) is 24.3 Å². The van der Waals surface area contributed by atoms with E-state index < -0.39 is 5.92 Å². The van der Waals surface area contributed by atoms with Crippen LogP contribution in [0.5, 0.6) is 5.75 Å². The molecule has 0 saturated carbocycles. The molecular weight excluding hydrogens is 361 g/mol. The Morgan fingerprint density at radius 3 is 2.57 bits per heavy atom. The predicted molar refractivity (Wildman–Crippen MR) is 103 cm³/mol. The number of aromatic nitrogens is 4. The Kier molecular flexibility index (Phi) is 4.62. The average Bonchev–Trinajstić information content (AvgIpc) is 3.08. The number of aryl methyl sites for hydroxylation is 1. The first-order valence-electron chi connectivity index (χ1n) is 8.69. The fourth-order valence-electron chi connectivity index (χ4n) is 3.02. The number of H-pyrrole nitrogens is 1. The molecule has 0 aliphatic carbocycles. The van der Waals surface area contributed by atoms with Gasteiger partial charge in [0.1, 0.15) is 23.2 Å². The fraction of sp³-hybridized carbons (Fsp3) is 0.150. The molecule has 142 valence electrons. The number of phenols is 1. The van der Waals surface area contributed by atoms with E-state index in [1.165, 1.54) is 18.2 Å². The van der Waals surface area contributed by atoms with Crippen LogP contribution in [-0.2, 0) is 0 Å². The first kappa shape index (κ1) is 17.9. The summed E-state index contributed by atoms with van der Waals surface area (Å²) >= 11 is 0. The molecule has 2 heterocycles. The highest BCUT2D eigenvalue weighted by Gasteiger charge is 2.19. The van der Waals surface area contributed by atoms with E-state index in [0.29, 0.717) is 33.9 Å². The van der Waals surface area contributed by atoms with Gasteiger partial charge < -0.3 is 15.5 Å². The van der Waals surface area contributed by atoms with Gasteiger partial charge in [-0.25, -0.2) is 14.4 Å². The Bertz CT molecular complexity index is 1130. The molecule has 1 unspecified atom stereocenters. The summed E-state index contributed by atoms with van der Waals surface area (Å²) in [6.45, 7) is 1.63. The minimum Gasteiger partial charge on any atom is -0.508 e. The number of nitrogens with zero attached hydrogens (tertiary/aromatic N) is 3. The van der Waals surface area contributed by atoms with Crippen molar-refractivity contribution >= 4 is 22.5 Å². The zero-order valence-corrected chi connectivity index (χ0v) is 15.0. The molecule has 7 nitrogen and oxygen atoms in total. The van der Waals surface area contributed by atoms with Crippen LogP contribution < -0.4 is 5.32 Å². The number of fused-ring (bicyclic) bond motifs is 1. The normalized spacial score (nSPS) is 12.2. The Morgan fingerprint density at radius 1 is 1.11 bits per heavy atom. The quantitative estimate of drug-likeness (QED) is 0.424. The highest BCUT2D eigenvalue weighted by atomic mass is 19.1. The summed E-state index contributed by atoms with van der Waals surface area (Å²) in [7, 11) is 0. The Labute approximate surface area is 159 Å². The molecule has 4 N–H and O–H groups in total. The summed E-state index contributed by atoms with van der Waals surface area (Å²) < 4.78 is 13.3. The molecule has 2 aromatic heterocycles. The van der Waals surface area contributed by atoms with Crippen molar-refractivity contribution < 1.29 is 14.6 Å². The van der Waals surface area contributed by atoms with Crippen LogP contribution in [0.3, 0.4) is 0 Å². The van der Waals surface area contributed by atoms with Gasteiger partial charge in [-0.1, -0.05) is 12.1 Å². The minimum absolute atomic E-state index is 0.0704. The number of nitrogens with one attached hydrogen (secondary N) is 2. The van der Waals surface area contributed by atoms with E-state index in [4.69, 9.17) is 0 Å². The van der Waals surface area contributed by atoms with E-state index >= 15 is 0 Å². The summed E-state index contributed by atoms with van der Waals surface area (Å²) in [5.74, 6) is 0.587. The van der Waals surface area contributed by atoms with Crippen molar-refractivity contribution in [3.63, 3.8) is 0 Å². The third kappa shape index (κ3) is 3.49. The molecule has 2 aromatic carbocycles. The van der Waals surface area contributed by atoms with Gasteiger partial charge >= 0.3 is 0 Å². The number of hydrogen-bond donors (Lipinski definition) is 4. The number of phenolic OH excluding ortho intramolecular Hbond substituents is 1. The topological polar surface area (TPSA) is 107 Å². The van der Waals surface area contributed by atoms with Gasteiger partial charge in [-0.05, 0) is 36.8 Å². The second kappa shape index (κ2) is 7.24. The number of aromatic hydroxyl groups is 1. The third-order valence-corrected chi connectivity index (χ3v) is 4.42. The number of aliphatic hydroxyl groups excluding tert-OH is 1. The Hall–Kier alpha value is -3.52. The van der Waals surface area contributed by atoms with Gasteiger partial charge in [-0.3, -0.25) is 5.10 Å². The van der Waals surface area contributed by atoms with E-state index in [0.717, 1.165) is 5.69 Å². The summed E-state index contributed by atoms with van der Waals surface area (Å²) in [6.07, 6.45) is 0. The molecule has 0 radical (unpaired) electrons. The van der Waals surface area contributed by atoms with E-state index in [2.05, 4.69) is 25.5 Å². The second-order valence-electron chi connectivity index (χ2n) is 6.48. The first-order valence-corrected chi connectivity index (χ1v) is 8.69. The number of hydrogen-bond acceptors (Lipinski definition) is 6. The maximum Gasteiger partial charge on any atom is 0.153 e. The van der Waals surface area contributed by atoms with Crippen LogP contribution in [0.2, 0.25) is 0 Å². The minimum atomic E-state index is -0.547. The van der Waals surface area contributed by atoms with Crippen LogP contribution >= 0.6 is 0 Å². The van der Waals surface area contributed by atoms with Gasteiger partial charge in [0.2, 0.25) is 0 Å². The molecule has 0 aliphatic rings. The van der Waals surface area contributed by atoms with Crippen LogP contribution in [0, 0.1) is 12.7 Å². The average molecular weight is 379 g/mol. The number of benzene rings is 2. The lowest BCUT2D eigenvalue weighted by atomic mass is 9.99. The second-order valence-corrected chi connectivity index (χ2v) is 6.48. The Balaban J connectivity index is 1.84. The largest absolute Gasteiger partial charge is 0.508 e. The highest BCUT2D eigenvalue weighted by Crippen LogP contribution is 2.30. The molecule has 4 aromatic rings. The highest BCUT2D eigenvalue weighted by molar-refractivity contribution is 5.91. The van der Waals surface area contributed by atoms with Crippen LogP contribution in [0.15, 0.2) is 48.5 Å². The lowest BCUT2D eigenvalue weighted by Crippen LogP contribution is -2.12. The maximum atomic E-state index is 13.3. The molecular formula is C20H18FN5O2. The van der Waals surface area contributed by atoms with E-state index in [9.17, 15) is 14.6 Å². The predicted octanol–water partition coefficient (Wildman–Crippen LogP) is 3.37. The zero-order chi connectivity index (χ0) is 19.7. The first-order chi connectivity index (χ1) is 13.5. The number of aliphatic hydroxyl groups is 1. The van der Waals surface area contributed by atoms with Crippen LogP contribution in [0.1, 0.15) is 23.0 Å². The van der Waals surface area contributed by atoms with Crippen LogP contribution in [0.25, 0.3) is 10.9 Å². The number of aromatic amines is 1. The van der Waals surface area contributed by atoms with Gasteiger partial charge in [0, 0.05) is 23.2 Å². The van der Waals surface area contributed by atoms with Crippen molar-refractivity contribution in [2.45, 2.75) is 12.8 Å². The summed E-state index contributed by atoms with van der Waals surface area (Å²) in [5, 5.41) is 30.7. The van der Waals surface area contributed by atoms with Gasteiger partial charge in [0.25, 0.3) is 0 Å². The molecule has 4 rings (SSSR count). The molecule has 8 heteroatoms.